The maximum absolute atomic E-state index is 12.6. The second-order valence-electron chi connectivity index (χ2n) is 9.64. The number of rotatable bonds is 10. The van der Waals surface area contributed by atoms with Crippen LogP contribution in [0.25, 0.3) is 16.9 Å². The second kappa shape index (κ2) is 13.1. The standard InChI is InChI=1S/C32H34N4O5/c1-3-41-32(38)29-21-30(36(33-29)27-13-15-28(39-2)16-14-27)25-9-11-26(12-10-25)34-17-19-35(20-18-34)31(37)23-40-22-24-7-5-4-6-8-24/h4-16,21H,3,17-20,22-23H2,1-2H3. The molecule has 1 aliphatic heterocycles. The Morgan fingerprint density at radius 1 is 0.854 bits per heavy atom. The number of nitrogens with zero attached hydrogens (tertiary/aromatic N) is 4. The quantitative estimate of drug-likeness (QED) is 0.265. The fourth-order valence-corrected chi connectivity index (χ4v) is 4.79. The predicted molar refractivity (Wildman–Crippen MR) is 156 cm³/mol. The molecule has 0 spiro atoms. The van der Waals surface area contributed by atoms with Crippen molar-refractivity contribution in [1.82, 2.24) is 14.7 Å². The van der Waals surface area contributed by atoms with Gasteiger partial charge >= 0.3 is 5.97 Å². The Hall–Kier alpha value is -4.63. The van der Waals surface area contributed by atoms with Crippen molar-refractivity contribution in [2.75, 3.05) is 51.4 Å². The first-order valence-electron chi connectivity index (χ1n) is 13.7. The van der Waals surface area contributed by atoms with Gasteiger partial charge in [-0.15, -0.1) is 0 Å². The van der Waals surface area contributed by atoms with E-state index in [4.69, 9.17) is 14.2 Å². The highest BCUT2D eigenvalue weighted by Crippen LogP contribution is 2.28. The van der Waals surface area contributed by atoms with Gasteiger partial charge < -0.3 is 24.0 Å². The van der Waals surface area contributed by atoms with Crippen LogP contribution in [-0.2, 0) is 20.9 Å². The van der Waals surface area contributed by atoms with Gasteiger partial charge in [0.1, 0.15) is 12.4 Å². The molecular formula is C32H34N4O5. The van der Waals surface area contributed by atoms with Crippen molar-refractivity contribution in [1.29, 1.82) is 0 Å². The molecule has 9 heteroatoms. The number of esters is 1. The molecule has 0 unspecified atom stereocenters. The van der Waals surface area contributed by atoms with Crippen molar-refractivity contribution in [3.05, 3.63) is 96.2 Å². The maximum atomic E-state index is 12.6. The average molecular weight is 555 g/mol. The topological polar surface area (TPSA) is 86.1 Å². The van der Waals surface area contributed by atoms with Crippen LogP contribution in [0.5, 0.6) is 5.75 Å². The molecule has 0 radical (unpaired) electrons. The first kappa shape index (κ1) is 27.9. The van der Waals surface area contributed by atoms with E-state index in [1.54, 1.807) is 24.8 Å². The number of piperazine rings is 1. The molecule has 1 aromatic heterocycles. The summed E-state index contributed by atoms with van der Waals surface area (Å²) in [5.41, 5.74) is 4.86. The van der Waals surface area contributed by atoms with E-state index >= 15 is 0 Å². The highest BCUT2D eigenvalue weighted by molar-refractivity contribution is 5.89. The van der Waals surface area contributed by atoms with E-state index in [0.29, 0.717) is 19.7 Å². The minimum atomic E-state index is -0.462. The summed E-state index contributed by atoms with van der Waals surface area (Å²) >= 11 is 0. The molecule has 5 rings (SSSR count). The van der Waals surface area contributed by atoms with E-state index in [2.05, 4.69) is 22.1 Å². The van der Waals surface area contributed by atoms with Gasteiger partial charge in [0.25, 0.3) is 0 Å². The summed E-state index contributed by atoms with van der Waals surface area (Å²) in [5, 5.41) is 4.55. The van der Waals surface area contributed by atoms with Gasteiger partial charge in [-0.3, -0.25) is 4.79 Å². The molecule has 2 heterocycles. The molecule has 4 aromatic rings. The van der Waals surface area contributed by atoms with E-state index in [9.17, 15) is 9.59 Å². The fourth-order valence-electron chi connectivity index (χ4n) is 4.79. The number of anilines is 1. The number of amides is 1. The van der Waals surface area contributed by atoms with Crippen LogP contribution in [0.4, 0.5) is 5.69 Å². The van der Waals surface area contributed by atoms with Gasteiger partial charge in [0.15, 0.2) is 5.69 Å². The fraction of sp³-hybridized carbons (Fsp3) is 0.281. The van der Waals surface area contributed by atoms with Crippen molar-refractivity contribution in [2.24, 2.45) is 0 Å². The molecular weight excluding hydrogens is 520 g/mol. The van der Waals surface area contributed by atoms with Crippen molar-refractivity contribution in [3.8, 4) is 22.7 Å². The minimum absolute atomic E-state index is 0.0140. The van der Waals surface area contributed by atoms with Crippen LogP contribution in [0.3, 0.4) is 0 Å². The smallest absolute Gasteiger partial charge is 0.358 e. The summed E-state index contributed by atoms with van der Waals surface area (Å²) < 4.78 is 17.9. The van der Waals surface area contributed by atoms with Crippen LogP contribution in [-0.4, -0.2) is 73.1 Å². The van der Waals surface area contributed by atoms with E-state index in [1.165, 1.54) is 0 Å². The van der Waals surface area contributed by atoms with Crippen LogP contribution in [0.1, 0.15) is 23.0 Å². The van der Waals surface area contributed by atoms with Crippen molar-refractivity contribution in [3.63, 3.8) is 0 Å². The van der Waals surface area contributed by atoms with Gasteiger partial charge in [-0.05, 0) is 55.0 Å². The Balaban J connectivity index is 1.24. The van der Waals surface area contributed by atoms with Crippen molar-refractivity contribution in [2.45, 2.75) is 13.5 Å². The zero-order valence-electron chi connectivity index (χ0n) is 23.4. The van der Waals surface area contributed by atoms with E-state index in [0.717, 1.165) is 47.0 Å². The Labute approximate surface area is 239 Å². The largest absolute Gasteiger partial charge is 0.497 e. The van der Waals surface area contributed by atoms with Gasteiger partial charge in [0.05, 0.1) is 31.7 Å². The molecule has 9 nitrogen and oxygen atoms in total. The summed E-state index contributed by atoms with van der Waals surface area (Å²) in [6.45, 7) is 5.31. The molecule has 0 N–H and O–H groups in total. The number of aromatic nitrogens is 2. The van der Waals surface area contributed by atoms with Gasteiger partial charge in [-0.25, -0.2) is 9.48 Å². The number of ether oxygens (including phenoxy) is 3. The SMILES string of the molecule is CCOC(=O)c1cc(-c2ccc(N3CCN(C(=O)COCc4ccccc4)CC3)cc2)n(-c2ccc(OC)cc2)n1. The molecule has 41 heavy (non-hydrogen) atoms. The molecule has 0 aliphatic carbocycles. The maximum Gasteiger partial charge on any atom is 0.358 e. The molecule has 0 bridgehead atoms. The molecule has 1 saturated heterocycles. The van der Waals surface area contributed by atoms with Gasteiger partial charge in [-0.1, -0.05) is 42.5 Å². The lowest BCUT2D eigenvalue weighted by Crippen LogP contribution is -2.49. The summed E-state index contributed by atoms with van der Waals surface area (Å²) in [6.07, 6.45) is 0. The normalized spacial score (nSPS) is 13.2. The number of carbonyl (C=O) groups is 2. The van der Waals surface area contributed by atoms with E-state index in [1.807, 2.05) is 71.6 Å². The van der Waals surface area contributed by atoms with Crippen LogP contribution < -0.4 is 9.64 Å². The average Bonchev–Trinajstić information content (AvgIpc) is 3.48. The number of hydrogen-bond donors (Lipinski definition) is 0. The van der Waals surface area contributed by atoms with Gasteiger partial charge in [0.2, 0.25) is 5.91 Å². The van der Waals surface area contributed by atoms with Crippen LogP contribution >= 0.6 is 0 Å². The lowest BCUT2D eigenvalue weighted by Gasteiger charge is -2.36. The van der Waals surface area contributed by atoms with Crippen LogP contribution in [0.2, 0.25) is 0 Å². The zero-order chi connectivity index (χ0) is 28.6. The number of hydrogen-bond acceptors (Lipinski definition) is 7. The van der Waals surface area contributed by atoms with E-state index in [-0.39, 0.29) is 24.8 Å². The lowest BCUT2D eigenvalue weighted by molar-refractivity contribution is -0.136. The molecule has 212 valence electrons. The third-order valence-corrected chi connectivity index (χ3v) is 7.01. The number of carbonyl (C=O) groups excluding carboxylic acids is 2. The van der Waals surface area contributed by atoms with Crippen LogP contribution in [0, 0.1) is 0 Å². The molecule has 1 amide bonds. The molecule has 0 saturated carbocycles. The minimum Gasteiger partial charge on any atom is -0.497 e. The number of benzene rings is 3. The zero-order valence-corrected chi connectivity index (χ0v) is 23.4. The monoisotopic (exact) mass is 554 g/mol. The van der Waals surface area contributed by atoms with Gasteiger partial charge in [-0.2, -0.15) is 5.10 Å². The second-order valence-corrected chi connectivity index (χ2v) is 9.64. The Morgan fingerprint density at radius 2 is 1.54 bits per heavy atom. The van der Waals surface area contributed by atoms with Crippen LogP contribution in [0.15, 0.2) is 84.9 Å². The molecule has 0 atom stereocenters. The number of methoxy groups -OCH3 is 1. The molecule has 1 aliphatic rings. The predicted octanol–water partition coefficient (Wildman–Crippen LogP) is 4.59. The Bertz CT molecular complexity index is 1440. The summed E-state index contributed by atoms with van der Waals surface area (Å²) in [6, 6.07) is 27.3. The first-order valence-corrected chi connectivity index (χ1v) is 13.7. The highest BCUT2D eigenvalue weighted by atomic mass is 16.5. The van der Waals surface area contributed by atoms with Crippen molar-refractivity contribution >= 4 is 17.6 Å². The third kappa shape index (κ3) is 6.75. The summed E-state index contributed by atoms with van der Waals surface area (Å²) in [5.74, 6) is 0.287. The van der Waals surface area contributed by atoms with E-state index < -0.39 is 5.97 Å². The third-order valence-electron chi connectivity index (χ3n) is 7.01. The Morgan fingerprint density at radius 3 is 2.20 bits per heavy atom. The lowest BCUT2D eigenvalue weighted by atomic mass is 10.1. The van der Waals surface area contributed by atoms with Gasteiger partial charge in [0, 0.05) is 37.4 Å². The highest BCUT2D eigenvalue weighted by Gasteiger charge is 2.22. The molecule has 1 fully saturated rings. The summed E-state index contributed by atoms with van der Waals surface area (Å²) in [7, 11) is 1.62. The molecule has 3 aromatic carbocycles. The Kier molecular flexibility index (Phi) is 8.95. The van der Waals surface area contributed by atoms with Crippen molar-refractivity contribution < 1.29 is 23.8 Å². The first-order chi connectivity index (χ1) is 20.1. The summed E-state index contributed by atoms with van der Waals surface area (Å²) in [4.78, 5) is 29.2.